The van der Waals surface area contributed by atoms with Crippen molar-refractivity contribution in [1.29, 1.82) is 0 Å². The first-order valence-corrected chi connectivity index (χ1v) is 6.68. The number of rotatable bonds is 4. The van der Waals surface area contributed by atoms with Gasteiger partial charge in [-0.25, -0.2) is 8.88 Å². The molecule has 0 aromatic heterocycles. The second-order valence-electron chi connectivity index (χ2n) is 1.55. The van der Waals surface area contributed by atoms with Crippen molar-refractivity contribution in [1.82, 2.24) is 0 Å². The summed E-state index contributed by atoms with van der Waals surface area (Å²) in [5.74, 6) is 0. The molecule has 0 aromatic rings. The normalized spacial score (nSPS) is 13.9. The van der Waals surface area contributed by atoms with Crippen LogP contribution in [0.3, 0.4) is 0 Å². The van der Waals surface area contributed by atoms with Gasteiger partial charge in [-0.2, -0.15) is 0 Å². The molecule has 0 bridgehead atoms. The van der Waals surface area contributed by atoms with Gasteiger partial charge in [-0.3, -0.25) is 8.88 Å². The maximum absolute atomic E-state index is 10.2. The number of phosphoric acid groups is 3. The van der Waals surface area contributed by atoms with E-state index in [-0.39, 0.29) is 94.6 Å². The fourth-order valence-corrected chi connectivity index (χ4v) is 2.68. The Labute approximate surface area is 162 Å². The van der Waals surface area contributed by atoms with Crippen LogP contribution in [0.2, 0.25) is 0 Å². The summed E-state index contributed by atoms with van der Waals surface area (Å²) in [4.78, 5) is 45.3. The van der Waals surface area contributed by atoms with E-state index in [0.717, 1.165) is 0 Å². The van der Waals surface area contributed by atoms with Gasteiger partial charge in [0.1, 0.15) is 0 Å². The molecule has 0 amide bonds. The van der Waals surface area contributed by atoms with Crippen LogP contribution in [0.4, 0.5) is 0 Å². The summed E-state index contributed by atoms with van der Waals surface area (Å²) in [5, 5.41) is 0. The van der Waals surface area contributed by atoms with Crippen LogP contribution in [0.1, 0.15) is 0 Å². The average molecular weight is 361 g/mol. The Balaban J connectivity index is -0.000000120. The second-order valence-corrected chi connectivity index (χ2v) is 5.62. The number of hydrogen-bond donors (Lipinski definition) is 2. The standard InChI is InChI=1S/ClH.Mg.2Na.H5O10P3/c;;;;1-11(2,3)9-13(7,8)10-12(4,5)6/h1H;;;;(H,7,8)(H2,1,2,3)(H2,4,5,6)/q;+2;2*+1;/p-4. The Morgan fingerprint density at radius 2 is 1.18 bits per heavy atom. The summed E-state index contributed by atoms with van der Waals surface area (Å²) >= 11 is 0. The van der Waals surface area contributed by atoms with Crippen molar-refractivity contribution in [3.05, 3.63) is 0 Å². The van der Waals surface area contributed by atoms with Crippen LogP contribution in [0.15, 0.2) is 0 Å². The molecule has 0 fully saturated rings. The molecule has 17 heavy (non-hydrogen) atoms. The van der Waals surface area contributed by atoms with Gasteiger partial charge in [0.15, 0.2) is 0 Å². The Morgan fingerprint density at radius 1 is 0.882 bits per heavy atom. The Morgan fingerprint density at radius 3 is 1.35 bits per heavy atom. The summed E-state index contributed by atoms with van der Waals surface area (Å²) < 4.78 is 35.3. The van der Waals surface area contributed by atoms with Gasteiger partial charge in [0.2, 0.25) is 0 Å². The molecule has 0 radical (unpaired) electrons. The molecule has 0 aliphatic carbocycles. The first-order valence-electron chi connectivity index (χ1n) is 2.23. The van der Waals surface area contributed by atoms with E-state index in [9.17, 15) is 28.4 Å². The fraction of sp³-hybridized carbons (Fsp3) is 0. The van der Waals surface area contributed by atoms with Crippen molar-refractivity contribution in [2.24, 2.45) is 0 Å². The summed E-state index contributed by atoms with van der Waals surface area (Å²) in [7, 11) is -17.2. The van der Waals surface area contributed by atoms with Gasteiger partial charge in [0.05, 0.1) is 7.82 Å². The van der Waals surface area contributed by atoms with Crippen molar-refractivity contribution in [3.63, 3.8) is 0 Å². The third-order valence-corrected chi connectivity index (χ3v) is 3.66. The zero-order valence-corrected chi connectivity index (χ0v) is 17.4. The summed E-state index contributed by atoms with van der Waals surface area (Å²) in [6.45, 7) is 0. The first-order chi connectivity index (χ1) is 5.41. The van der Waals surface area contributed by atoms with Gasteiger partial charge in [-0.05, 0) is 0 Å². The zero-order valence-electron chi connectivity index (χ0n) is 8.59. The second kappa shape index (κ2) is 12.1. The van der Waals surface area contributed by atoms with Crippen LogP contribution in [-0.4, -0.2) is 32.8 Å². The molecule has 2 N–H and O–H groups in total. The monoisotopic (exact) mass is 360 g/mol. The van der Waals surface area contributed by atoms with Gasteiger partial charge >= 0.3 is 90.0 Å². The van der Waals surface area contributed by atoms with Crippen molar-refractivity contribution in [2.75, 3.05) is 0 Å². The Kier molecular flexibility index (Phi) is 23.0. The van der Waals surface area contributed by atoms with Crippen molar-refractivity contribution in [3.8, 4) is 0 Å². The predicted molar refractivity (Wildman–Crippen MR) is 35.2 cm³/mol. The smallest absolute Gasteiger partial charge is 1.00 e. The van der Waals surface area contributed by atoms with E-state index >= 15 is 0 Å². The first kappa shape index (κ1) is 32.4. The van der Waals surface area contributed by atoms with Crippen molar-refractivity contribution >= 4 is 46.5 Å². The van der Waals surface area contributed by atoms with E-state index in [1.807, 2.05) is 0 Å². The summed E-state index contributed by atoms with van der Waals surface area (Å²) in [6.07, 6.45) is 0. The third-order valence-electron chi connectivity index (χ3n) is 0.406. The molecular weight excluding hydrogens is 359 g/mol. The molecule has 0 aliphatic heterocycles. The average Bonchev–Trinajstić information content (AvgIpc) is 1.43. The van der Waals surface area contributed by atoms with Crippen LogP contribution in [-0.2, 0) is 22.3 Å². The molecule has 0 rings (SSSR count). The SMILES string of the molecule is O=P([O-])([O-])OP(=O)([O-])OP(=O)(O)O.[Cl-].[Mg+2].[Na+].[Na+]. The topological polar surface area (TPSA) is 179 Å². The van der Waals surface area contributed by atoms with Crippen molar-refractivity contribution < 1.29 is 118 Å². The minimum Gasteiger partial charge on any atom is -1.00 e. The maximum atomic E-state index is 10.2. The van der Waals surface area contributed by atoms with Gasteiger partial charge < -0.3 is 41.4 Å². The van der Waals surface area contributed by atoms with E-state index in [1.165, 1.54) is 0 Å². The fourth-order valence-electron chi connectivity index (χ4n) is 0.268. The molecule has 0 heterocycles. The molecule has 0 saturated carbocycles. The molecular formula is H2ClMgNa2O10P3. The van der Waals surface area contributed by atoms with Crippen LogP contribution >= 0.6 is 23.5 Å². The predicted octanol–water partition coefficient (Wildman–Crippen LogP) is -12.0. The molecule has 1 atom stereocenters. The van der Waals surface area contributed by atoms with E-state index in [0.29, 0.717) is 0 Å². The molecule has 0 aromatic carbocycles. The third kappa shape index (κ3) is 24.8. The van der Waals surface area contributed by atoms with Gasteiger partial charge in [-0.1, -0.05) is 0 Å². The quantitative estimate of drug-likeness (QED) is 0.361. The molecule has 0 aliphatic rings. The number of hydrogen-bond acceptors (Lipinski definition) is 8. The van der Waals surface area contributed by atoms with Crippen LogP contribution < -0.4 is 86.2 Å². The number of halogens is 1. The summed E-state index contributed by atoms with van der Waals surface area (Å²) in [5.41, 5.74) is 0. The Hall–Kier alpha value is 3.47. The minimum absolute atomic E-state index is 0. The van der Waals surface area contributed by atoms with Gasteiger partial charge in [0.25, 0.3) is 7.82 Å². The van der Waals surface area contributed by atoms with Crippen LogP contribution in [0, 0.1) is 0 Å². The van der Waals surface area contributed by atoms with Gasteiger partial charge in [-0.15, -0.1) is 0 Å². The maximum Gasteiger partial charge on any atom is 2.00 e. The summed E-state index contributed by atoms with van der Waals surface area (Å²) in [6, 6.07) is 0. The van der Waals surface area contributed by atoms with E-state index in [4.69, 9.17) is 9.79 Å². The molecule has 88 valence electrons. The van der Waals surface area contributed by atoms with Gasteiger partial charge in [0, 0.05) is 0 Å². The van der Waals surface area contributed by atoms with Crippen LogP contribution in [0.5, 0.6) is 0 Å². The van der Waals surface area contributed by atoms with E-state index < -0.39 is 23.5 Å². The molecule has 17 heteroatoms. The zero-order chi connectivity index (χ0) is 10.9. The molecule has 1 unspecified atom stereocenters. The largest absolute Gasteiger partial charge is 2.00 e. The molecule has 0 saturated heterocycles. The Bertz CT molecular complexity index is 292. The molecule has 10 nitrogen and oxygen atoms in total. The van der Waals surface area contributed by atoms with Crippen molar-refractivity contribution in [2.45, 2.75) is 0 Å². The van der Waals surface area contributed by atoms with E-state index in [1.54, 1.807) is 0 Å². The minimum atomic E-state index is -5.92. The van der Waals surface area contributed by atoms with E-state index in [2.05, 4.69) is 8.62 Å². The van der Waals surface area contributed by atoms with Crippen LogP contribution in [0.25, 0.3) is 0 Å². The molecule has 0 spiro atoms.